The smallest absolute Gasteiger partial charge is 0.394 e. The summed E-state index contributed by atoms with van der Waals surface area (Å²) in [6.45, 7) is -1.26. The Morgan fingerprint density at radius 1 is 1.41 bits per heavy atom. The van der Waals surface area contributed by atoms with E-state index in [1.54, 1.807) is 0 Å². The molecular formula is C14H15F3N4O6. The minimum absolute atomic E-state index is 0.0893. The normalized spacial score (nSPS) is 25.0. The summed E-state index contributed by atoms with van der Waals surface area (Å²) >= 11 is 0. The molecule has 0 radical (unpaired) electrons. The van der Waals surface area contributed by atoms with Crippen molar-refractivity contribution in [2.75, 3.05) is 18.9 Å². The zero-order valence-corrected chi connectivity index (χ0v) is 13.5. The molecule has 4 atom stereocenters. The Morgan fingerprint density at radius 3 is 2.63 bits per heavy atom. The minimum atomic E-state index is -5.05. The van der Waals surface area contributed by atoms with Gasteiger partial charge in [-0.25, -0.2) is 4.79 Å². The number of anilines is 1. The lowest BCUT2D eigenvalue weighted by Gasteiger charge is -2.17. The zero-order chi connectivity index (χ0) is 20.4. The van der Waals surface area contributed by atoms with E-state index in [4.69, 9.17) is 15.6 Å². The van der Waals surface area contributed by atoms with Crippen molar-refractivity contribution in [1.29, 1.82) is 0 Å². The van der Waals surface area contributed by atoms with Crippen molar-refractivity contribution in [3.63, 3.8) is 0 Å². The number of hydrogen-bond acceptors (Lipinski definition) is 8. The number of ether oxygens (including phenoxy) is 1. The van der Waals surface area contributed by atoms with Crippen LogP contribution in [-0.4, -0.2) is 68.4 Å². The second-order valence-electron chi connectivity index (χ2n) is 5.44. The van der Waals surface area contributed by atoms with Crippen molar-refractivity contribution in [2.24, 2.45) is 0 Å². The third-order valence-electron chi connectivity index (χ3n) is 3.59. The number of aromatic nitrogens is 2. The molecule has 2 heterocycles. The number of amides is 1. The highest BCUT2D eigenvalue weighted by Crippen LogP contribution is 2.28. The van der Waals surface area contributed by atoms with Gasteiger partial charge in [0.1, 0.15) is 24.1 Å². The summed E-state index contributed by atoms with van der Waals surface area (Å²) in [4.78, 5) is 26.1. The maximum atomic E-state index is 12.1. The molecule has 6 N–H and O–H groups in total. The number of nitrogen functional groups attached to an aromatic ring is 1. The maximum absolute atomic E-state index is 12.1. The molecule has 0 aromatic carbocycles. The van der Waals surface area contributed by atoms with E-state index in [-0.39, 0.29) is 11.4 Å². The Balaban J connectivity index is 2.21. The third kappa shape index (κ3) is 4.55. The predicted octanol–water partition coefficient (Wildman–Crippen LogP) is -2.53. The number of hydrogen-bond donors (Lipinski definition) is 5. The number of carbonyl (C=O) groups excluding carboxylic acids is 1. The van der Waals surface area contributed by atoms with Gasteiger partial charge >= 0.3 is 17.8 Å². The van der Waals surface area contributed by atoms with E-state index in [1.807, 2.05) is 0 Å². The van der Waals surface area contributed by atoms with Crippen LogP contribution >= 0.6 is 0 Å². The van der Waals surface area contributed by atoms with Crippen molar-refractivity contribution in [3.8, 4) is 11.8 Å². The Morgan fingerprint density at radius 2 is 2.07 bits per heavy atom. The second-order valence-corrected chi connectivity index (χ2v) is 5.44. The number of halogens is 3. The number of alkyl halides is 3. The van der Waals surface area contributed by atoms with E-state index < -0.39 is 55.5 Å². The monoisotopic (exact) mass is 392 g/mol. The van der Waals surface area contributed by atoms with Crippen LogP contribution < -0.4 is 16.7 Å². The summed E-state index contributed by atoms with van der Waals surface area (Å²) in [6, 6.07) is 0. The van der Waals surface area contributed by atoms with Crippen LogP contribution in [0.2, 0.25) is 0 Å². The Hall–Kier alpha value is -2.66. The fraction of sp³-hybridized carbons (Fsp3) is 0.500. The number of rotatable bonds is 3. The quantitative estimate of drug-likeness (QED) is 0.352. The van der Waals surface area contributed by atoms with Gasteiger partial charge in [-0.1, -0.05) is 11.8 Å². The molecule has 1 aliphatic rings. The van der Waals surface area contributed by atoms with Gasteiger partial charge in [0.2, 0.25) is 0 Å². The minimum Gasteiger partial charge on any atom is -0.394 e. The molecule has 2 rings (SSSR count). The summed E-state index contributed by atoms with van der Waals surface area (Å²) < 4.78 is 42.1. The van der Waals surface area contributed by atoms with Crippen LogP contribution in [0.1, 0.15) is 11.8 Å². The fourth-order valence-electron chi connectivity index (χ4n) is 2.23. The van der Waals surface area contributed by atoms with E-state index in [9.17, 15) is 33.0 Å². The van der Waals surface area contributed by atoms with Gasteiger partial charge in [-0.3, -0.25) is 9.36 Å². The molecule has 1 aromatic rings. The molecule has 1 aliphatic heterocycles. The molecule has 13 heteroatoms. The first-order valence-corrected chi connectivity index (χ1v) is 7.41. The van der Waals surface area contributed by atoms with Crippen molar-refractivity contribution < 1.29 is 38.0 Å². The highest BCUT2D eigenvalue weighted by molar-refractivity contribution is 5.81. The third-order valence-corrected chi connectivity index (χ3v) is 3.59. The van der Waals surface area contributed by atoms with Crippen molar-refractivity contribution >= 4 is 11.7 Å². The average Bonchev–Trinajstić information content (AvgIpc) is 2.87. The Labute approximate surface area is 149 Å². The van der Waals surface area contributed by atoms with E-state index >= 15 is 0 Å². The molecule has 0 bridgehead atoms. The molecule has 0 spiro atoms. The first-order chi connectivity index (χ1) is 12.6. The summed E-state index contributed by atoms with van der Waals surface area (Å²) in [5.41, 5.74) is 4.49. The van der Waals surface area contributed by atoms with Crippen LogP contribution in [0.25, 0.3) is 0 Å². The van der Waals surface area contributed by atoms with E-state index in [0.29, 0.717) is 0 Å². The van der Waals surface area contributed by atoms with Crippen LogP contribution in [0.5, 0.6) is 0 Å². The Kier molecular flexibility index (Phi) is 6.06. The van der Waals surface area contributed by atoms with E-state index in [2.05, 4.69) is 16.8 Å². The van der Waals surface area contributed by atoms with Crippen molar-refractivity contribution in [2.45, 2.75) is 30.7 Å². The summed E-state index contributed by atoms with van der Waals surface area (Å²) in [6.07, 6.45) is -9.56. The second kappa shape index (κ2) is 7.92. The molecular weight excluding hydrogens is 377 g/mol. The lowest BCUT2D eigenvalue weighted by Crippen LogP contribution is -2.37. The zero-order valence-electron chi connectivity index (χ0n) is 13.5. The predicted molar refractivity (Wildman–Crippen MR) is 81.9 cm³/mol. The Bertz CT molecular complexity index is 831. The van der Waals surface area contributed by atoms with Gasteiger partial charge in [-0.15, -0.1) is 0 Å². The van der Waals surface area contributed by atoms with Crippen LogP contribution in [0.15, 0.2) is 11.0 Å². The molecule has 1 saturated heterocycles. The number of nitrogens with zero attached hydrogens (tertiary/aromatic N) is 2. The van der Waals surface area contributed by atoms with E-state index in [1.165, 1.54) is 5.32 Å². The summed E-state index contributed by atoms with van der Waals surface area (Å²) in [7, 11) is 0. The van der Waals surface area contributed by atoms with Gasteiger partial charge in [0.25, 0.3) is 0 Å². The number of aliphatic hydroxyl groups excluding tert-OH is 3. The van der Waals surface area contributed by atoms with Crippen LogP contribution in [0.4, 0.5) is 19.0 Å². The highest BCUT2D eigenvalue weighted by atomic mass is 19.4. The fourth-order valence-corrected chi connectivity index (χ4v) is 2.23. The average molecular weight is 392 g/mol. The molecule has 10 nitrogen and oxygen atoms in total. The van der Waals surface area contributed by atoms with Crippen LogP contribution in [-0.2, 0) is 9.53 Å². The molecule has 1 aromatic heterocycles. The number of nitrogens with two attached hydrogens (primary N) is 1. The SMILES string of the molecule is Nc1nc(=O)n(C2O[C@H](CO)C(O)C2O)cc1C#CCNC(=O)C(F)(F)F. The van der Waals surface area contributed by atoms with Gasteiger partial charge < -0.3 is 31.1 Å². The largest absolute Gasteiger partial charge is 0.471 e. The maximum Gasteiger partial charge on any atom is 0.471 e. The first-order valence-electron chi connectivity index (χ1n) is 7.41. The van der Waals surface area contributed by atoms with Gasteiger partial charge in [0.05, 0.1) is 18.7 Å². The van der Waals surface area contributed by atoms with Crippen LogP contribution in [0, 0.1) is 11.8 Å². The molecule has 1 fully saturated rings. The number of nitrogens with one attached hydrogen (secondary N) is 1. The van der Waals surface area contributed by atoms with Gasteiger partial charge in [0, 0.05) is 6.20 Å². The van der Waals surface area contributed by atoms with Crippen LogP contribution in [0.3, 0.4) is 0 Å². The number of aliphatic hydroxyl groups is 3. The number of carbonyl (C=O) groups is 1. The van der Waals surface area contributed by atoms with Gasteiger partial charge in [-0.2, -0.15) is 18.2 Å². The first kappa shape index (κ1) is 20.6. The lowest BCUT2D eigenvalue weighted by molar-refractivity contribution is -0.173. The summed E-state index contributed by atoms with van der Waals surface area (Å²) in [5, 5.41) is 30.3. The molecule has 27 heavy (non-hydrogen) atoms. The van der Waals surface area contributed by atoms with Crippen molar-refractivity contribution in [1.82, 2.24) is 14.9 Å². The van der Waals surface area contributed by atoms with Gasteiger partial charge in [-0.05, 0) is 0 Å². The topological polar surface area (TPSA) is 160 Å². The lowest BCUT2D eigenvalue weighted by atomic mass is 10.1. The van der Waals surface area contributed by atoms with Crippen molar-refractivity contribution in [3.05, 3.63) is 22.2 Å². The molecule has 1 amide bonds. The summed E-state index contributed by atoms with van der Waals surface area (Å²) in [5.74, 6) is 2.04. The van der Waals surface area contributed by atoms with Gasteiger partial charge in [0.15, 0.2) is 6.23 Å². The molecule has 0 saturated carbocycles. The van der Waals surface area contributed by atoms with E-state index in [0.717, 1.165) is 10.8 Å². The highest BCUT2D eigenvalue weighted by Gasteiger charge is 2.44. The molecule has 0 aliphatic carbocycles. The molecule has 3 unspecified atom stereocenters. The standard InChI is InChI=1S/C14H15F3N4O6/c15-14(16,17)12(25)19-3-1-2-6-4-21(13(26)20-10(6)18)11-9(24)8(23)7(5-22)27-11/h4,7-9,11,22-24H,3,5H2,(H,19,25)(H2,18,20,26)/t7-,8?,9?,11?/m1/s1. The molecule has 148 valence electrons.